The molecule has 0 fully saturated rings. The van der Waals surface area contributed by atoms with E-state index in [4.69, 9.17) is 4.99 Å². The van der Waals surface area contributed by atoms with E-state index in [9.17, 15) is 4.79 Å². The number of benzene rings is 3. The van der Waals surface area contributed by atoms with Crippen molar-refractivity contribution < 1.29 is 4.79 Å². The number of benzodiazepines with no additional fused rings is 1. The standard InChI is InChI=1S/C25H22N4O/c1-29-16-23(28-25(30)21-15-18-11-5-7-13-20(18)26-21)27-24(17-9-3-2-4-10-17)19-12-6-8-14-22(19)29/h2-15,23,26H,16H2,1H3,(H,28,30). The Morgan fingerprint density at radius 2 is 1.73 bits per heavy atom. The number of fused-ring (bicyclic) bond motifs is 2. The first-order chi connectivity index (χ1) is 14.7. The van der Waals surface area contributed by atoms with Crippen LogP contribution in [0, 0.1) is 0 Å². The van der Waals surface area contributed by atoms with Crippen molar-refractivity contribution in [2.24, 2.45) is 4.99 Å². The lowest BCUT2D eigenvalue weighted by Gasteiger charge is -2.22. The van der Waals surface area contributed by atoms with E-state index < -0.39 is 0 Å². The molecule has 2 N–H and O–H groups in total. The molecule has 0 saturated carbocycles. The lowest BCUT2D eigenvalue weighted by molar-refractivity contribution is 0.0935. The van der Waals surface area contributed by atoms with E-state index in [0.717, 1.165) is 33.4 Å². The number of hydrogen-bond acceptors (Lipinski definition) is 3. The first kappa shape index (κ1) is 18.2. The molecule has 1 unspecified atom stereocenters. The zero-order chi connectivity index (χ0) is 20.5. The Balaban J connectivity index is 1.51. The molecule has 148 valence electrons. The van der Waals surface area contributed by atoms with E-state index in [1.54, 1.807) is 0 Å². The van der Waals surface area contributed by atoms with E-state index in [-0.39, 0.29) is 12.1 Å². The number of amides is 1. The van der Waals surface area contributed by atoms with Crippen molar-refractivity contribution >= 4 is 28.2 Å². The van der Waals surface area contributed by atoms with E-state index in [0.29, 0.717) is 12.2 Å². The van der Waals surface area contributed by atoms with Crippen LogP contribution in [-0.4, -0.2) is 36.4 Å². The maximum atomic E-state index is 13.0. The number of likely N-dealkylation sites (N-methyl/N-ethyl adjacent to an activating group) is 1. The Hall–Kier alpha value is -3.86. The second kappa shape index (κ2) is 7.52. The molecule has 0 bridgehead atoms. The summed E-state index contributed by atoms with van der Waals surface area (Å²) in [5, 5.41) is 4.12. The quantitative estimate of drug-likeness (QED) is 0.547. The Labute approximate surface area is 175 Å². The maximum absolute atomic E-state index is 13.0. The molecule has 0 spiro atoms. The number of nitrogens with zero attached hydrogens (tertiary/aromatic N) is 2. The highest BCUT2D eigenvalue weighted by molar-refractivity contribution is 6.16. The average Bonchev–Trinajstić information content (AvgIpc) is 3.17. The molecule has 1 aliphatic heterocycles. The van der Waals surface area contributed by atoms with Crippen LogP contribution in [0.1, 0.15) is 21.6 Å². The third-order valence-corrected chi connectivity index (χ3v) is 5.42. The number of rotatable bonds is 3. The number of hydrogen-bond donors (Lipinski definition) is 2. The third-order valence-electron chi connectivity index (χ3n) is 5.42. The van der Waals surface area contributed by atoms with Crippen molar-refractivity contribution in [3.8, 4) is 0 Å². The maximum Gasteiger partial charge on any atom is 0.269 e. The minimum Gasteiger partial charge on any atom is -0.370 e. The van der Waals surface area contributed by atoms with Crippen molar-refractivity contribution in [2.75, 3.05) is 18.5 Å². The Kier molecular flexibility index (Phi) is 4.56. The largest absolute Gasteiger partial charge is 0.370 e. The smallest absolute Gasteiger partial charge is 0.269 e. The van der Waals surface area contributed by atoms with Crippen LogP contribution in [0.25, 0.3) is 10.9 Å². The number of aromatic nitrogens is 1. The Morgan fingerprint density at radius 3 is 2.57 bits per heavy atom. The Bertz CT molecular complexity index is 1210. The van der Waals surface area contributed by atoms with E-state index in [1.165, 1.54) is 0 Å². The predicted molar refractivity (Wildman–Crippen MR) is 121 cm³/mol. The van der Waals surface area contributed by atoms with Crippen LogP contribution in [0.5, 0.6) is 0 Å². The van der Waals surface area contributed by atoms with Crippen molar-refractivity contribution in [3.05, 3.63) is 102 Å². The van der Waals surface area contributed by atoms with Gasteiger partial charge in [-0.05, 0) is 18.2 Å². The van der Waals surface area contributed by atoms with Gasteiger partial charge in [-0.25, -0.2) is 0 Å². The number of H-pyrrole nitrogens is 1. The highest BCUT2D eigenvalue weighted by Crippen LogP contribution is 2.26. The molecule has 3 aromatic carbocycles. The third kappa shape index (κ3) is 3.35. The van der Waals surface area contributed by atoms with E-state index in [2.05, 4.69) is 39.5 Å². The fourth-order valence-electron chi connectivity index (χ4n) is 3.96. The normalized spacial score (nSPS) is 16.0. The van der Waals surface area contributed by atoms with Gasteiger partial charge in [0.05, 0.1) is 12.3 Å². The molecule has 0 radical (unpaired) electrons. The van der Waals surface area contributed by atoms with Crippen molar-refractivity contribution in [1.82, 2.24) is 10.3 Å². The Morgan fingerprint density at radius 1 is 1.00 bits per heavy atom. The van der Waals surface area contributed by atoms with Crippen LogP contribution in [0.15, 0.2) is 89.9 Å². The fraction of sp³-hybridized carbons (Fsp3) is 0.120. The van der Waals surface area contributed by atoms with Gasteiger partial charge in [0.1, 0.15) is 11.9 Å². The first-order valence-electron chi connectivity index (χ1n) is 10.0. The number of anilines is 1. The molecule has 5 rings (SSSR count). The lowest BCUT2D eigenvalue weighted by Crippen LogP contribution is -2.41. The van der Waals surface area contributed by atoms with Gasteiger partial charge in [-0.15, -0.1) is 0 Å². The summed E-state index contributed by atoms with van der Waals surface area (Å²) >= 11 is 0. The van der Waals surface area contributed by atoms with Gasteiger partial charge in [-0.2, -0.15) is 0 Å². The number of aliphatic imine (C=N–C) groups is 1. The first-order valence-corrected chi connectivity index (χ1v) is 10.0. The van der Waals surface area contributed by atoms with Gasteiger partial charge in [0.15, 0.2) is 0 Å². The topological polar surface area (TPSA) is 60.5 Å². The summed E-state index contributed by atoms with van der Waals surface area (Å²) in [6.45, 7) is 0.583. The summed E-state index contributed by atoms with van der Waals surface area (Å²) in [4.78, 5) is 23.3. The zero-order valence-electron chi connectivity index (χ0n) is 16.7. The van der Waals surface area contributed by atoms with Crippen LogP contribution in [0.2, 0.25) is 0 Å². The van der Waals surface area contributed by atoms with Crippen LogP contribution in [0.3, 0.4) is 0 Å². The van der Waals surface area contributed by atoms with E-state index in [1.807, 2.05) is 67.7 Å². The molecule has 1 aromatic heterocycles. The lowest BCUT2D eigenvalue weighted by atomic mass is 10.0. The highest BCUT2D eigenvalue weighted by atomic mass is 16.2. The van der Waals surface area contributed by atoms with Crippen molar-refractivity contribution in [1.29, 1.82) is 0 Å². The van der Waals surface area contributed by atoms with Gasteiger partial charge in [0, 0.05) is 34.8 Å². The molecule has 0 saturated heterocycles. The molecule has 5 nitrogen and oxygen atoms in total. The van der Waals surface area contributed by atoms with Gasteiger partial charge in [0.25, 0.3) is 5.91 Å². The molecular weight excluding hydrogens is 372 g/mol. The van der Waals surface area contributed by atoms with Crippen molar-refractivity contribution in [2.45, 2.75) is 6.17 Å². The summed E-state index contributed by atoms with van der Waals surface area (Å²) in [6.07, 6.45) is -0.378. The number of aromatic amines is 1. The highest BCUT2D eigenvalue weighted by Gasteiger charge is 2.24. The summed E-state index contributed by atoms with van der Waals surface area (Å²) in [5.74, 6) is -0.160. The minimum atomic E-state index is -0.378. The van der Waals surface area contributed by atoms with E-state index >= 15 is 0 Å². The molecule has 5 heteroatoms. The SMILES string of the molecule is CN1CC(NC(=O)c2cc3ccccc3[nH]2)N=C(c2ccccc2)c2ccccc21. The predicted octanol–water partition coefficient (Wildman–Crippen LogP) is 4.21. The van der Waals surface area contributed by atoms with Crippen LogP contribution in [0.4, 0.5) is 5.69 Å². The molecular formula is C25H22N4O. The van der Waals surface area contributed by atoms with Gasteiger partial charge in [0.2, 0.25) is 0 Å². The fourth-order valence-corrected chi connectivity index (χ4v) is 3.96. The molecule has 4 aromatic rings. The molecule has 1 aliphatic rings. The number of para-hydroxylation sites is 2. The van der Waals surface area contributed by atoms with Crippen molar-refractivity contribution in [3.63, 3.8) is 0 Å². The van der Waals surface area contributed by atoms with Crippen LogP contribution < -0.4 is 10.2 Å². The second-order valence-electron chi connectivity index (χ2n) is 7.50. The summed E-state index contributed by atoms with van der Waals surface area (Å²) in [7, 11) is 2.03. The monoisotopic (exact) mass is 394 g/mol. The molecule has 30 heavy (non-hydrogen) atoms. The minimum absolute atomic E-state index is 0.160. The van der Waals surface area contributed by atoms with Gasteiger partial charge >= 0.3 is 0 Å². The molecule has 1 atom stereocenters. The molecule has 1 amide bonds. The average molecular weight is 394 g/mol. The van der Waals surface area contributed by atoms with Crippen LogP contribution >= 0.6 is 0 Å². The second-order valence-corrected chi connectivity index (χ2v) is 7.50. The molecule has 0 aliphatic carbocycles. The van der Waals surface area contributed by atoms with Gasteiger partial charge < -0.3 is 15.2 Å². The summed E-state index contributed by atoms with van der Waals surface area (Å²) < 4.78 is 0. The van der Waals surface area contributed by atoms with Crippen LogP contribution in [-0.2, 0) is 0 Å². The number of nitrogens with one attached hydrogen (secondary N) is 2. The number of carbonyl (C=O) groups excluding carboxylic acids is 1. The summed E-state index contributed by atoms with van der Waals surface area (Å²) in [6, 6.07) is 28.1. The summed E-state index contributed by atoms with van der Waals surface area (Å²) in [5.41, 5.74) is 5.57. The van der Waals surface area contributed by atoms with Gasteiger partial charge in [-0.1, -0.05) is 66.7 Å². The van der Waals surface area contributed by atoms with Gasteiger partial charge in [-0.3, -0.25) is 9.79 Å². The number of carbonyl (C=O) groups is 1. The zero-order valence-corrected chi connectivity index (χ0v) is 16.7. The molecule has 2 heterocycles.